The number of pyridine rings is 1. The van der Waals surface area contributed by atoms with Gasteiger partial charge in [-0.1, -0.05) is 13.8 Å². The highest BCUT2D eigenvalue weighted by Crippen LogP contribution is 2.06. The number of nitrogens with zero attached hydrogens (tertiary/aromatic N) is 2. The third kappa shape index (κ3) is 2.68. The number of hydrogen-bond donors (Lipinski definition) is 2. The lowest BCUT2D eigenvalue weighted by Gasteiger charge is -2.15. The van der Waals surface area contributed by atoms with Crippen LogP contribution in [0.1, 0.15) is 24.2 Å². The predicted octanol–water partition coefficient (Wildman–Crippen LogP) is 1.08. The highest BCUT2D eigenvalue weighted by atomic mass is 16.3. The first kappa shape index (κ1) is 12.6. The fourth-order valence-corrected chi connectivity index (χ4v) is 1.59. The molecule has 5 nitrogen and oxygen atoms in total. The van der Waals surface area contributed by atoms with E-state index in [1.54, 1.807) is 24.5 Å². The van der Waals surface area contributed by atoms with Gasteiger partial charge in [-0.3, -0.25) is 4.79 Å². The van der Waals surface area contributed by atoms with Gasteiger partial charge in [-0.15, -0.1) is 0 Å². The number of aliphatic hydroxyl groups is 1. The molecule has 0 radical (unpaired) electrons. The topological polar surface area (TPSA) is 66.6 Å². The van der Waals surface area contributed by atoms with E-state index in [1.165, 1.54) is 0 Å². The summed E-state index contributed by atoms with van der Waals surface area (Å²) in [5, 5.41) is 12.3. The third-order valence-electron chi connectivity index (χ3n) is 2.90. The molecule has 2 aromatic rings. The standard InChI is InChI=1S/C13H17N3O2/c1-9(2)11(17)8-15-13(18)10-3-5-16-6-4-14-12(16)7-10/h3-7,9,11,17H,8H2,1-2H3,(H,15,18). The highest BCUT2D eigenvalue weighted by Gasteiger charge is 2.12. The van der Waals surface area contributed by atoms with Crippen molar-refractivity contribution in [2.75, 3.05) is 6.54 Å². The van der Waals surface area contributed by atoms with Crippen LogP contribution >= 0.6 is 0 Å². The maximum absolute atomic E-state index is 11.9. The SMILES string of the molecule is CC(C)C(O)CNC(=O)c1ccn2ccnc2c1. The summed E-state index contributed by atoms with van der Waals surface area (Å²) in [6.07, 6.45) is 4.76. The van der Waals surface area contributed by atoms with Crippen molar-refractivity contribution < 1.29 is 9.90 Å². The summed E-state index contributed by atoms with van der Waals surface area (Å²) in [6, 6.07) is 3.45. The summed E-state index contributed by atoms with van der Waals surface area (Å²) in [4.78, 5) is 16.0. The second kappa shape index (κ2) is 5.18. The van der Waals surface area contributed by atoms with Crippen LogP contribution in [-0.2, 0) is 0 Å². The van der Waals surface area contributed by atoms with Crippen LogP contribution in [0.25, 0.3) is 5.65 Å². The highest BCUT2D eigenvalue weighted by molar-refractivity contribution is 5.95. The van der Waals surface area contributed by atoms with Crippen LogP contribution < -0.4 is 5.32 Å². The van der Waals surface area contributed by atoms with Crippen LogP contribution in [0.4, 0.5) is 0 Å². The van der Waals surface area contributed by atoms with Crippen molar-refractivity contribution in [3.05, 3.63) is 36.3 Å². The number of nitrogens with one attached hydrogen (secondary N) is 1. The van der Waals surface area contributed by atoms with Crippen molar-refractivity contribution >= 4 is 11.6 Å². The summed E-state index contributed by atoms with van der Waals surface area (Å²) in [5.41, 5.74) is 1.27. The molecule has 0 saturated heterocycles. The summed E-state index contributed by atoms with van der Waals surface area (Å²) < 4.78 is 1.83. The van der Waals surface area contributed by atoms with Gasteiger partial charge in [-0.2, -0.15) is 0 Å². The normalized spacial score (nSPS) is 12.9. The minimum atomic E-state index is -0.524. The van der Waals surface area contributed by atoms with Gasteiger partial charge in [0.25, 0.3) is 5.91 Å². The monoisotopic (exact) mass is 247 g/mol. The van der Waals surface area contributed by atoms with Crippen molar-refractivity contribution in [1.29, 1.82) is 0 Å². The Hall–Kier alpha value is -1.88. The molecular weight excluding hydrogens is 230 g/mol. The van der Waals surface area contributed by atoms with E-state index in [2.05, 4.69) is 10.3 Å². The van der Waals surface area contributed by atoms with Crippen LogP contribution in [0.15, 0.2) is 30.7 Å². The lowest BCUT2D eigenvalue weighted by molar-refractivity contribution is 0.0871. The van der Waals surface area contributed by atoms with Gasteiger partial charge < -0.3 is 14.8 Å². The van der Waals surface area contributed by atoms with Crippen LogP contribution in [0.5, 0.6) is 0 Å². The van der Waals surface area contributed by atoms with Gasteiger partial charge in [-0.05, 0) is 18.1 Å². The second-order valence-corrected chi connectivity index (χ2v) is 4.63. The third-order valence-corrected chi connectivity index (χ3v) is 2.90. The first-order valence-electron chi connectivity index (χ1n) is 5.97. The molecule has 18 heavy (non-hydrogen) atoms. The minimum Gasteiger partial charge on any atom is -0.391 e. The van der Waals surface area contributed by atoms with E-state index in [0.29, 0.717) is 5.56 Å². The molecule has 1 atom stereocenters. The number of rotatable bonds is 4. The molecule has 0 aromatic carbocycles. The Morgan fingerprint density at radius 2 is 2.28 bits per heavy atom. The van der Waals surface area contributed by atoms with E-state index in [4.69, 9.17) is 0 Å². The van der Waals surface area contributed by atoms with Crippen molar-refractivity contribution in [3.63, 3.8) is 0 Å². The smallest absolute Gasteiger partial charge is 0.251 e. The largest absolute Gasteiger partial charge is 0.391 e. The van der Waals surface area contributed by atoms with Crippen LogP contribution in [0.3, 0.4) is 0 Å². The van der Waals surface area contributed by atoms with Gasteiger partial charge >= 0.3 is 0 Å². The van der Waals surface area contributed by atoms with Crippen LogP contribution in [0.2, 0.25) is 0 Å². The maximum atomic E-state index is 11.9. The number of aromatic nitrogens is 2. The first-order chi connectivity index (χ1) is 8.58. The average molecular weight is 247 g/mol. The summed E-state index contributed by atoms with van der Waals surface area (Å²) in [5.74, 6) is -0.0692. The second-order valence-electron chi connectivity index (χ2n) is 4.63. The molecule has 0 aliphatic heterocycles. The summed E-state index contributed by atoms with van der Waals surface area (Å²) >= 11 is 0. The Labute approximate surface area is 105 Å². The molecule has 0 aliphatic carbocycles. The van der Waals surface area contributed by atoms with Gasteiger partial charge in [0.15, 0.2) is 0 Å². The number of carbonyl (C=O) groups is 1. The van der Waals surface area contributed by atoms with E-state index >= 15 is 0 Å². The molecule has 1 amide bonds. The van der Waals surface area contributed by atoms with Crippen LogP contribution in [0, 0.1) is 5.92 Å². The average Bonchev–Trinajstić information content (AvgIpc) is 2.82. The Balaban J connectivity index is 2.04. The van der Waals surface area contributed by atoms with E-state index < -0.39 is 6.10 Å². The fourth-order valence-electron chi connectivity index (χ4n) is 1.59. The zero-order chi connectivity index (χ0) is 13.1. The first-order valence-corrected chi connectivity index (χ1v) is 5.97. The van der Waals surface area contributed by atoms with Gasteiger partial charge in [0.05, 0.1) is 6.10 Å². The van der Waals surface area contributed by atoms with E-state index in [0.717, 1.165) is 5.65 Å². The number of fused-ring (bicyclic) bond motifs is 1. The molecular formula is C13H17N3O2. The molecule has 0 aliphatic rings. The molecule has 2 aromatic heterocycles. The number of hydrogen-bond acceptors (Lipinski definition) is 3. The van der Waals surface area contributed by atoms with Crippen molar-refractivity contribution in [1.82, 2.24) is 14.7 Å². The molecule has 1 unspecified atom stereocenters. The van der Waals surface area contributed by atoms with E-state index in [1.807, 2.05) is 24.4 Å². The molecule has 2 N–H and O–H groups in total. The summed E-state index contributed by atoms with van der Waals surface area (Å²) in [7, 11) is 0. The minimum absolute atomic E-state index is 0.125. The van der Waals surface area contributed by atoms with Crippen molar-refractivity contribution in [2.24, 2.45) is 5.92 Å². The van der Waals surface area contributed by atoms with Crippen molar-refractivity contribution in [2.45, 2.75) is 20.0 Å². The molecule has 96 valence electrons. The number of aliphatic hydroxyl groups excluding tert-OH is 1. The Morgan fingerprint density at radius 3 is 3.00 bits per heavy atom. The van der Waals surface area contributed by atoms with Crippen molar-refractivity contribution in [3.8, 4) is 0 Å². The molecule has 0 saturated carbocycles. The Morgan fingerprint density at radius 1 is 1.50 bits per heavy atom. The maximum Gasteiger partial charge on any atom is 0.251 e. The predicted molar refractivity (Wildman–Crippen MR) is 68.4 cm³/mol. The molecule has 2 heterocycles. The van der Waals surface area contributed by atoms with Gasteiger partial charge in [0, 0.05) is 30.7 Å². The van der Waals surface area contributed by atoms with Gasteiger partial charge in [0.1, 0.15) is 5.65 Å². The van der Waals surface area contributed by atoms with E-state index in [-0.39, 0.29) is 18.4 Å². The number of imidazole rings is 1. The quantitative estimate of drug-likeness (QED) is 0.849. The lowest BCUT2D eigenvalue weighted by Crippen LogP contribution is -2.34. The van der Waals surface area contributed by atoms with Gasteiger partial charge in [0.2, 0.25) is 0 Å². The van der Waals surface area contributed by atoms with Crippen LogP contribution in [-0.4, -0.2) is 33.0 Å². The van der Waals surface area contributed by atoms with Gasteiger partial charge in [-0.25, -0.2) is 4.98 Å². The van der Waals surface area contributed by atoms with E-state index in [9.17, 15) is 9.90 Å². The molecule has 0 bridgehead atoms. The number of amides is 1. The molecule has 2 rings (SSSR count). The zero-order valence-corrected chi connectivity index (χ0v) is 10.5. The number of carbonyl (C=O) groups excluding carboxylic acids is 1. The summed E-state index contributed by atoms with van der Waals surface area (Å²) in [6.45, 7) is 4.08. The Kier molecular flexibility index (Phi) is 3.62. The molecule has 5 heteroatoms. The Bertz CT molecular complexity index is 548. The zero-order valence-electron chi connectivity index (χ0n) is 10.5. The molecule has 0 spiro atoms. The molecule has 0 fully saturated rings. The lowest BCUT2D eigenvalue weighted by atomic mass is 10.1. The fraction of sp³-hybridized carbons (Fsp3) is 0.385.